The van der Waals surface area contributed by atoms with Gasteiger partial charge in [0.15, 0.2) is 0 Å². The number of benzene rings is 2. The van der Waals surface area contributed by atoms with Crippen LogP contribution in [-0.4, -0.2) is 16.1 Å². The molecule has 4 nitrogen and oxygen atoms in total. The molecule has 3 aromatic rings. The van der Waals surface area contributed by atoms with E-state index >= 15 is 0 Å². The first-order chi connectivity index (χ1) is 13.2. The van der Waals surface area contributed by atoms with Crippen molar-refractivity contribution in [1.29, 1.82) is 0 Å². The SMILES string of the molecule is CC(C)(C)CC(N)(C(=O)O)c1ccc2nc(C#Cc3ccccc3)ccc2c1. The lowest BCUT2D eigenvalue weighted by Gasteiger charge is -2.32. The maximum absolute atomic E-state index is 12.0. The molecule has 28 heavy (non-hydrogen) atoms. The van der Waals surface area contributed by atoms with Crippen molar-refractivity contribution < 1.29 is 9.90 Å². The summed E-state index contributed by atoms with van der Waals surface area (Å²) < 4.78 is 0. The summed E-state index contributed by atoms with van der Waals surface area (Å²) >= 11 is 0. The lowest BCUT2D eigenvalue weighted by atomic mass is 9.76. The zero-order valence-corrected chi connectivity index (χ0v) is 16.4. The number of fused-ring (bicyclic) bond motifs is 1. The van der Waals surface area contributed by atoms with Crippen molar-refractivity contribution in [3.63, 3.8) is 0 Å². The Kier molecular flexibility index (Phi) is 5.22. The summed E-state index contributed by atoms with van der Waals surface area (Å²) in [6.45, 7) is 5.95. The first-order valence-electron chi connectivity index (χ1n) is 9.18. The van der Waals surface area contributed by atoms with Gasteiger partial charge in [0.1, 0.15) is 11.2 Å². The molecular weight excluding hydrogens is 348 g/mol. The Balaban J connectivity index is 1.97. The second kappa shape index (κ2) is 7.46. The van der Waals surface area contributed by atoms with Crippen molar-refractivity contribution in [1.82, 2.24) is 4.98 Å². The van der Waals surface area contributed by atoms with Crippen LogP contribution < -0.4 is 5.73 Å². The topological polar surface area (TPSA) is 76.2 Å². The number of nitrogens with zero attached hydrogens (tertiary/aromatic N) is 1. The monoisotopic (exact) mass is 372 g/mol. The van der Waals surface area contributed by atoms with Crippen LogP contribution >= 0.6 is 0 Å². The molecular formula is C24H24N2O2. The molecule has 4 heteroatoms. The van der Waals surface area contributed by atoms with Gasteiger partial charge in [-0.25, -0.2) is 9.78 Å². The molecule has 0 saturated heterocycles. The van der Waals surface area contributed by atoms with E-state index in [2.05, 4.69) is 16.8 Å². The third kappa shape index (κ3) is 4.39. The number of hydrogen-bond acceptors (Lipinski definition) is 3. The predicted octanol–water partition coefficient (Wildman–Crippen LogP) is 4.31. The molecule has 1 unspecified atom stereocenters. The van der Waals surface area contributed by atoms with Gasteiger partial charge in [0.2, 0.25) is 0 Å². The Morgan fingerprint density at radius 2 is 1.75 bits per heavy atom. The van der Waals surface area contributed by atoms with Gasteiger partial charge in [0, 0.05) is 10.9 Å². The molecule has 0 radical (unpaired) electrons. The summed E-state index contributed by atoms with van der Waals surface area (Å²) in [5, 5.41) is 10.6. The highest BCUT2D eigenvalue weighted by Gasteiger charge is 2.39. The fourth-order valence-electron chi connectivity index (χ4n) is 3.27. The van der Waals surface area contributed by atoms with Gasteiger partial charge < -0.3 is 10.8 Å². The Morgan fingerprint density at radius 1 is 1.04 bits per heavy atom. The number of aromatic nitrogens is 1. The molecule has 0 aliphatic rings. The van der Waals surface area contributed by atoms with E-state index in [1.165, 1.54) is 0 Å². The Labute approximate surface area is 165 Å². The average Bonchev–Trinajstić information content (AvgIpc) is 2.65. The van der Waals surface area contributed by atoms with Crippen molar-refractivity contribution in [2.24, 2.45) is 11.1 Å². The number of carboxylic acids is 1. The molecule has 0 saturated carbocycles. The van der Waals surface area contributed by atoms with Gasteiger partial charge in [-0.1, -0.05) is 51.0 Å². The second-order valence-corrected chi connectivity index (χ2v) is 8.23. The van der Waals surface area contributed by atoms with Crippen LogP contribution in [0.25, 0.3) is 10.9 Å². The van der Waals surface area contributed by atoms with Gasteiger partial charge in [0.25, 0.3) is 0 Å². The van der Waals surface area contributed by atoms with E-state index in [1.807, 2.05) is 75.4 Å². The molecule has 142 valence electrons. The van der Waals surface area contributed by atoms with Crippen molar-refractivity contribution in [3.8, 4) is 11.8 Å². The second-order valence-electron chi connectivity index (χ2n) is 8.23. The smallest absolute Gasteiger partial charge is 0.328 e. The zero-order valence-electron chi connectivity index (χ0n) is 16.4. The molecule has 0 amide bonds. The third-order valence-corrected chi connectivity index (χ3v) is 4.50. The molecule has 0 aliphatic carbocycles. The van der Waals surface area contributed by atoms with E-state index in [9.17, 15) is 9.90 Å². The zero-order chi connectivity index (χ0) is 20.4. The number of pyridine rings is 1. The van der Waals surface area contributed by atoms with Crippen LogP contribution in [0.3, 0.4) is 0 Å². The third-order valence-electron chi connectivity index (χ3n) is 4.50. The summed E-state index contributed by atoms with van der Waals surface area (Å²) in [4.78, 5) is 16.5. The van der Waals surface area contributed by atoms with Crippen LogP contribution in [0.5, 0.6) is 0 Å². The molecule has 3 rings (SSSR count). The fraction of sp³-hybridized carbons (Fsp3) is 0.250. The summed E-state index contributed by atoms with van der Waals surface area (Å²) in [7, 11) is 0. The van der Waals surface area contributed by atoms with Gasteiger partial charge in [0.05, 0.1) is 5.52 Å². The molecule has 0 fully saturated rings. The van der Waals surface area contributed by atoms with Gasteiger partial charge in [-0.3, -0.25) is 0 Å². The Hall–Kier alpha value is -3.16. The minimum absolute atomic E-state index is 0.225. The first kappa shape index (κ1) is 19.6. The van der Waals surface area contributed by atoms with Crippen molar-refractivity contribution in [2.75, 3.05) is 0 Å². The number of carboxylic acid groups (broad SMARTS) is 1. The van der Waals surface area contributed by atoms with E-state index < -0.39 is 11.5 Å². The van der Waals surface area contributed by atoms with Crippen molar-refractivity contribution in [3.05, 3.63) is 77.5 Å². The summed E-state index contributed by atoms with van der Waals surface area (Å²) in [6.07, 6.45) is 0.328. The number of aliphatic carboxylic acids is 1. The van der Waals surface area contributed by atoms with E-state index in [0.717, 1.165) is 16.5 Å². The maximum Gasteiger partial charge on any atom is 0.328 e. The minimum Gasteiger partial charge on any atom is -0.480 e. The molecule has 1 atom stereocenters. The maximum atomic E-state index is 12.0. The molecule has 0 aliphatic heterocycles. The lowest BCUT2D eigenvalue weighted by molar-refractivity contribution is -0.145. The molecule has 1 heterocycles. The van der Waals surface area contributed by atoms with Crippen LogP contribution in [0.1, 0.15) is 44.0 Å². The Bertz CT molecular complexity index is 1070. The first-order valence-corrected chi connectivity index (χ1v) is 9.18. The number of hydrogen-bond donors (Lipinski definition) is 2. The van der Waals surface area contributed by atoms with Crippen LogP contribution in [0.2, 0.25) is 0 Å². The van der Waals surface area contributed by atoms with Gasteiger partial charge >= 0.3 is 5.97 Å². The van der Waals surface area contributed by atoms with Crippen LogP contribution in [-0.2, 0) is 10.3 Å². The van der Waals surface area contributed by atoms with Crippen LogP contribution in [0, 0.1) is 17.3 Å². The average molecular weight is 372 g/mol. The number of rotatable bonds is 3. The summed E-state index contributed by atoms with van der Waals surface area (Å²) in [5.74, 6) is 5.13. The van der Waals surface area contributed by atoms with E-state index in [-0.39, 0.29) is 5.41 Å². The van der Waals surface area contributed by atoms with E-state index in [4.69, 9.17) is 5.73 Å². The standard InChI is InChI=1S/C24H24N2O2/c1-23(2,3)16-24(25,22(27)28)19-11-14-21-18(15-19)10-13-20(26-21)12-9-17-7-5-4-6-8-17/h4-8,10-11,13-15H,16,25H2,1-3H3,(H,27,28). The Morgan fingerprint density at radius 3 is 2.39 bits per heavy atom. The normalized spacial score (nSPS) is 13.4. The molecule has 1 aromatic heterocycles. The van der Waals surface area contributed by atoms with Crippen molar-refractivity contribution in [2.45, 2.75) is 32.7 Å². The lowest BCUT2D eigenvalue weighted by Crippen LogP contribution is -2.47. The molecule has 0 spiro atoms. The fourth-order valence-corrected chi connectivity index (χ4v) is 3.27. The molecule has 0 bridgehead atoms. The van der Waals surface area contributed by atoms with Crippen LogP contribution in [0.4, 0.5) is 0 Å². The minimum atomic E-state index is -1.45. The van der Waals surface area contributed by atoms with Gasteiger partial charge in [-0.05, 0) is 59.7 Å². The van der Waals surface area contributed by atoms with E-state index in [0.29, 0.717) is 17.7 Å². The highest BCUT2D eigenvalue weighted by atomic mass is 16.4. The highest BCUT2D eigenvalue weighted by molar-refractivity contribution is 5.85. The molecule has 2 aromatic carbocycles. The summed E-state index contributed by atoms with van der Waals surface area (Å²) in [5.41, 5.74) is 7.59. The van der Waals surface area contributed by atoms with E-state index in [1.54, 1.807) is 6.07 Å². The summed E-state index contributed by atoms with van der Waals surface area (Å²) in [6, 6.07) is 18.9. The largest absolute Gasteiger partial charge is 0.480 e. The van der Waals surface area contributed by atoms with Crippen molar-refractivity contribution >= 4 is 16.9 Å². The number of nitrogens with two attached hydrogens (primary N) is 1. The van der Waals surface area contributed by atoms with Crippen LogP contribution in [0.15, 0.2) is 60.7 Å². The molecule has 3 N–H and O–H groups in total. The predicted molar refractivity (Wildman–Crippen MR) is 112 cm³/mol. The quantitative estimate of drug-likeness (QED) is 0.672. The van der Waals surface area contributed by atoms with Gasteiger partial charge in [-0.2, -0.15) is 0 Å². The number of carbonyl (C=O) groups is 1. The van der Waals surface area contributed by atoms with Gasteiger partial charge in [-0.15, -0.1) is 0 Å². The highest BCUT2D eigenvalue weighted by Crippen LogP contribution is 2.34.